The molecule has 0 radical (unpaired) electrons. The first-order valence-corrected chi connectivity index (χ1v) is 14.9. The zero-order chi connectivity index (χ0) is 32.3. The van der Waals surface area contributed by atoms with Crippen LogP contribution in [0.1, 0.15) is 49.3 Å². The van der Waals surface area contributed by atoms with Crippen LogP contribution >= 0.6 is 11.8 Å². The number of esters is 1. The minimum atomic E-state index is -5.08. The van der Waals surface area contributed by atoms with Gasteiger partial charge >= 0.3 is 18.1 Å². The highest BCUT2D eigenvalue weighted by atomic mass is 32.2. The molecule has 44 heavy (non-hydrogen) atoms. The summed E-state index contributed by atoms with van der Waals surface area (Å²) in [6, 6.07) is 17.9. The lowest BCUT2D eigenvalue weighted by Gasteiger charge is -2.35. The van der Waals surface area contributed by atoms with E-state index in [9.17, 15) is 18.0 Å². The van der Waals surface area contributed by atoms with Gasteiger partial charge in [0.05, 0.1) is 32.0 Å². The highest BCUT2D eigenvalue weighted by molar-refractivity contribution is 7.99. The van der Waals surface area contributed by atoms with Crippen molar-refractivity contribution in [2.24, 2.45) is 5.73 Å². The van der Waals surface area contributed by atoms with Crippen LogP contribution in [0.15, 0.2) is 64.4 Å². The second kappa shape index (κ2) is 16.2. The zero-order valence-electron chi connectivity index (χ0n) is 24.9. The second-order valence-electron chi connectivity index (χ2n) is 9.83. The number of hydrogen-bond acceptors (Lipinski definition) is 8. The van der Waals surface area contributed by atoms with Gasteiger partial charge in [0, 0.05) is 34.0 Å². The predicted molar refractivity (Wildman–Crippen MR) is 163 cm³/mol. The Bertz CT molecular complexity index is 1420. The van der Waals surface area contributed by atoms with Gasteiger partial charge in [-0.3, -0.25) is 4.79 Å². The smallest absolute Gasteiger partial charge is 0.490 e. The van der Waals surface area contributed by atoms with E-state index in [0.717, 1.165) is 56.6 Å². The fraction of sp³-hybridized carbons (Fsp3) is 0.375. The minimum absolute atomic E-state index is 0.118. The van der Waals surface area contributed by atoms with Crippen LogP contribution in [0.2, 0.25) is 0 Å². The maximum Gasteiger partial charge on any atom is 0.490 e. The average Bonchev–Trinajstić information content (AvgIpc) is 3.01. The fourth-order valence-electron chi connectivity index (χ4n) is 4.69. The number of aliphatic carboxylic acids is 1. The quantitative estimate of drug-likeness (QED) is 0.157. The van der Waals surface area contributed by atoms with Crippen LogP contribution in [0, 0.1) is 0 Å². The summed E-state index contributed by atoms with van der Waals surface area (Å²) in [5, 5.41) is 7.12. The summed E-state index contributed by atoms with van der Waals surface area (Å²) in [7, 11) is 3.31. The third-order valence-corrected chi connectivity index (χ3v) is 8.18. The average molecular weight is 635 g/mol. The number of unbranched alkanes of at least 4 members (excludes halogenated alkanes) is 3. The Morgan fingerprint density at radius 2 is 1.45 bits per heavy atom. The number of nitrogens with zero attached hydrogens (tertiary/aromatic N) is 1. The number of carbonyl (C=O) groups excluding carboxylic acids is 1. The molecule has 1 aliphatic heterocycles. The van der Waals surface area contributed by atoms with Crippen molar-refractivity contribution in [2.45, 2.75) is 68.1 Å². The van der Waals surface area contributed by atoms with E-state index in [2.05, 4.69) is 24.0 Å². The Morgan fingerprint density at radius 1 is 0.886 bits per heavy atom. The SMILES string of the molecule is CCCCCCN1c2ccc(OC)c(CN)c2Sc2c1ccc(OC)c2CC(=O)OCc1ccccc1.O=C(O)C(F)(F)F. The maximum absolute atomic E-state index is 13.0. The molecule has 0 fully saturated rings. The largest absolute Gasteiger partial charge is 0.496 e. The first kappa shape index (κ1) is 34.6. The molecule has 8 nitrogen and oxygen atoms in total. The first-order chi connectivity index (χ1) is 21.0. The molecule has 4 rings (SSSR count). The van der Waals surface area contributed by atoms with E-state index in [1.165, 1.54) is 19.3 Å². The molecule has 3 N–H and O–H groups in total. The van der Waals surface area contributed by atoms with E-state index in [1.54, 1.807) is 26.0 Å². The Labute approximate surface area is 259 Å². The van der Waals surface area contributed by atoms with Gasteiger partial charge in [-0.05, 0) is 36.2 Å². The number of rotatable bonds is 12. The van der Waals surface area contributed by atoms with E-state index in [-0.39, 0.29) is 19.0 Å². The van der Waals surface area contributed by atoms with Crippen molar-refractivity contribution in [3.05, 3.63) is 71.3 Å². The van der Waals surface area contributed by atoms with Crippen molar-refractivity contribution in [1.82, 2.24) is 0 Å². The van der Waals surface area contributed by atoms with E-state index < -0.39 is 12.1 Å². The van der Waals surface area contributed by atoms with Gasteiger partial charge < -0.3 is 30.0 Å². The lowest BCUT2D eigenvalue weighted by atomic mass is 10.1. The Morgan fingerprint density at radius 3 is 1.98 bits per heavy atom. The van der Waals surface area contributed by atoms with Gasteiger partial charge in [0.1, 0.15) is 18.1 Å². The van der Waals surface area contributed by atoms with Gasteiger partial charge in [0.2, 0.25) is 0 Å². The molecule has 1 heterocycles. The van der Waals surface area contributed by atoms with Crippen LogP contribution in [-0.4, -0.2) is 44.0 Å². The van der Waals surface area contributed by atoms with Crippen LogP contribution in [0.5, 0.6) is 11.5 Å². The topological polar surface area (TPSA) is 111 Å². The standard InChI is InChI=1S/C30H36N2O4S.C2HF3O2/c1-4-5-6-10-17-32-24-13-15-26(34-2)22(18-28(33)36-20-21-11-8-7-9-12-21)29(24)37-30-23(19-31)27(35-3)16-14-25(30)32;3-2(4,5)1(6)7/h7-9,11-16H,4-6,10,17-20,31H2,1-3H3;(H,6,7). The molecule has 0 aliphatic carbocycles. The maximum atomic E-state index is 13.0. The van der Waals surface area contributed by atoms with Crippen molar-refractivity contribution in [3.8, 4) is 11.5 Å². The second-order valence-corrected chi connectivity index (χ2v) is 10.9. The third kappa shape index (κ3) is 8.82. The van der Waals surface area contributed by atoms with Crippen molar-refractivity contribution in [2.75, 3.05) is 25.7 Å². The van der Waals surface area contributed by atoms with Gasteiger partial charge in [-0.15, -0.1) is 0 Å². The molecular formula is C32H37F3N2O6S. The normalized spacial score (nSPS) is 11.9. The minimum Gasteiger partial charge on any atom is -0.496 e. The molecule has 3 aromatic carbocycles. The number of halogens is 3. The summed E-state index contributed by atoms with van der Waals surface area (Å²) in [6.45, 7) is 3.69. The highest BCUT2D eigenvalue weighted by Crippen LogP contribution is 2.54. The Kier molecular flexibility index (Phi) is 12.8. The number of alkyl halides is 3. The highest BCUT2D eigenvalue weighted by Gasteiger charge is 2.38. The molecule has 0 atom stereocenters. The van der Waals surface area contributed by atoms with Crippen molar-refractivity contribution in [3.63, 3.8) is 0 Å². The van der Waals surface area contributed by atoms with E-state index in [0.29, 0.717) is 12.3 Å². The molecule has 0 amide bonds. The number of fused-ring (bicyclic) bond motifs is 2. The Hall–Kier alpha value is -3.90. The molecule has 3 aromatic rings. The van der Waals surface area contributed by atoms with E-state index in [4.69, 9.17) is 29.8 Å². The molecule has 0 saturated carbocycles. The summed E-state index contributed by atoms with van der Waals surface area (Å²) in [5.41, 5.74) is 11.2. The number of carboxylic acids is 1. The number of carbonyl (C=O) groups is 2. The predicted octanol–water partition coefficient (Wildman–Crippen LogP) is 7.26. The van der Waals surface area contributed by atoms with Gasteiger partial charge in [-0.25, -0.2) is 4.79 Å². The molecule has 0 saturated heterocycles. The van der Waals surface area contributed by atoms with Crippen LogP contribution in [0.25, 0.3) is 0 Å². The molecule has 0 spiro atoms. The van der Waals surface area contributed by atoms with Gasteiger partial charge in [-0.1, -0.05) is 68.3 Å². The number of ether oxygens (including phenoxy) is 3. The lowest BCUT2D eigenvalue weighted by Crippen LogP contribution is -2.24. The molecule has 0 bridgehead atoms. The molecule has 238 valence electrons. The number of benzene rings is 3. The molecule has 12 heteroatoms. The number of anilines is 2. The summed E-state index contributed by atoms with van der Waals surface area (Å²) in [4.78, 5) is 26.3. The summed E-state index contributed by atoms with van der Waals surface area (Å²) < 4.78 is 48.7. The number of carboxylic acid groups (broad SMARTS) is 1. The zero-order valence-corrected chi connectivity index (χ0v) is 25.7. The Balaban J connectivity index is 0.000000676. The monoisotopic (exact) mass is 634 g/mol. The van der Waals surface area contributed by atoms with E-state index >= 15 is 0 Å². The first-order valence-electron chi connectivity index (χ1n) is 14.1. The van der Waals surface area contributed by atoms with Crippen LogP contribution in [0.3, 0.4) is 0 Å². The van der Waals surface area contributed by atoms with E-state index in [1.807, 2.05) is 42.5 Å². The van der Waals surface area contributed by atoms with Gasteiger partial charge in [0.15, 0.2) is 0 Å². The van der Waals surface area contributed by atoms with Crippen molar-refractivity contribution >= 4 is 35.1 Å². The molecule has 0 aromatic heterocycles. The number of nitrogens with two attached hydrogens (primary N) is 1. The van der Waals surface area contributed by atoms with Crippen LogP contribution in [0.4, 0.5) is 24.5 Å². The lowest BCUT2D eigenvalue weighted by molar-refractivity contribution is -0.192. The molecular weight excluding hydrogens is 597 g/mol. The number of methoxy groups -OCH3 is 2. The van der Waals surface area contributed by atoms with Gasteiger partial charge in [0.25, 0.3) is 0 Å². The summed E-state index contributed by atoms with van der Waals surface area (Å²) >= 11 is 1.63. The number of hydrogen-bond donors (Lipinski definition) is 2. The molecule has 0 unspecified atom stereocenters. The summed E-state index contributed by atoms with van der Waals surface area (Å²) in [5.74, 6) is -1.60. The van der Waals surface area contributed by atoms with Crippen molar-refractivity contribution in [1.29, 1.82) is 0 Å². The summed E-state index contributed by atoms with van der Waals surface area (Å²) in [6.07, 6.45) is -0.335. The van der Waals surface area contributed by atoms with Gasteiger partial charge in [-0.2, -0.15) is 13.2 Å². The van der Waals surface area contributed by atoms with Crippen LogP contribution in [-0.2, 0) is 33.9 Å². The third-order valence-electron chi connectivity index (χ3n) is 6.86. The van der Waals surface area contributed by atoms with Crippen molar-refractivity contribution < 1.29 is 42.1 Å². The van der Waals surface area contributed by atoms with Crippen LogP contribution < -0.4 is 20.1 Å². The molecule has 1 aliphatic rings. The fourth-order valence-corrected chi connectivity index (χ4v) is 6.07.